The Kier molecular flexibility index (Phi) is 4.62. The molecule has 0 atom stereocenters. The van der Waals surface area contributed by atoms with E-state index in [4.69, 9.17) is 20.8 Å². The first-order valence-corrected chi connectivity index (χ1v) is 7.76. The lowest BCUT2D eigenvalue weighted by atomic mass is 10.1. The first-order chi connectivity index (χ1) is 11.5. The van der Waals surface area contributed by atoms with E-state index >= 15 is 0 Å². The van der Waals surface area contributed by atoms with E-state index in [1.165, 1.54) is 0 Å². The van der Waals surface area contributed by atoms with Gasteiger partial charge >= 0.3 is 5.97 Å². The fourth-order valence-corrected chi connectivity index (χ4v) is 2.39. The Labute approximate surface area is 143 Å². The number of esters is 1. The van der Waals surface area contributed by atoms with Gasteiger partial charge in [0.05, 0.1) is 6.42 Å². The standard InChI is InChI=1S/C18H14ClNO4/c1-11-20-15-10-14(6-8-17(15)23-11)24-18(22)9-7-16(21)12-2-4-13(19)5-3-12/h2-6,8,10H,7,9H2,1H3. The monoisotopic (exact) mass is 343 g/mol. The average Bonchev–Trinajstić information content (AvgIpc) is 2.92. The van der Waals surface area contributed by atoms with Crippen LogP contribution >= 0.6 is 11.6 Å². The van der Waals surface area contributed by atoms with Gasteiger partial charge in [-0.15, -0.1) is 0 Å². The maximum absolute atomic E-state index is 12.0. The maximum Gasteiger partial charge on any atom is 0.311 e. The summed E-state index contributed by atoms with van der Waals surface area (Å²) in [5.41, 5.74) is 1.77. The van der Waals surface area contributed by atoms with Gasteiger partial charge in [0.2, 0.25) is 0 Å². The summed E-state index contributed by atoms with van der Waals surface area (Å²) in [4.78, 5) is 28.1. The zero-order valence-corrected chi connectivity index (χ0v) is 13.7. The Bertz CT molecular complexity index is 899. The Morgan fingerprint density at radius 2 is 1.88 bits per heavy atom. The van der Waals surface area contributed by atoms with Crippen molar-refractivity contribution in [2.24, 2.45) is 0 Å². The normalized spacial score (nSPS) is 10.8. The van der Waals surface area contributed by atoms with Crippen molar-refractivity contribution in [2.45, 2.75) is 19.8 Å². The molecule has 0 bridgehead atoms. The molecule has 3 aromatic rings. The molecule has 0 amide bonds. The van der Waals surface area contributed by atoms with E-state index in [0.717, 1.165) is 0 Å². The van der Waals surface area contributed by atoms with Crippen LogP contribution in [0.3, 0.4) is 0 Å². The van der Waals surface area contributed by atoms with Crippen molar-refractivity contribution in [3.63, 3.8) is 0 Å². The maximum atomic E-state index is 12.0. The van der Waals surface area contributed by atoms with Crippen molar-refractivity contribution in [2.75, 3.05) is 0 Å². The third kappa shape index (κ3) is 3.81. The molecule has 0 aliphatic heterocycles. The molecule has 5 nitrogen and oxygen atoms in total. The summed E-state index contributed by atoms with van der Waals surface area (Å²) >= 11 is 5.78. The zero-order chi connectivity index (χ0) is 17.1. The summed E-state index contributed by atoms with van der Waals surface area (Å²) in [6.45, 7) is 1.74. The first-order valence-electron chi connectivity index (χ1n) is 7.38. The number of Topliss-reactive ketones (excluding diaryl/α,β-unsaturated/α-hetero) is 1. The molecule has 0 aliphatic carbocycles. The molecular formula is C18H14ClNO4. The van der Waals surface area contributed by atoms with Gasteiger partial charge in [0, 0.05) is 30.0 Å². The van der Waals surface area contributed by atoms with Gasteiger partial charge in [0.1, 0.15) is 11.3 Å². The van der Waals surface area contributed by atoms with Crippen molar-refractivity contribution in [3.8, 4) is 5.75 Å². The lowest BCUT2D eigenvalue weighted by Gasteiger charge is -2.04. The number of aromatic nitrogens is 1. The Balaban J connectivity index is 1.58. The molecule has 1 aromatic heterocycles. The largest absolute Gasteiger partial charge is 0.441 e. The molecule has 0 fully saturated rings. The molecule has 122 valence electrons. The summed E-state index contributed by atoms with van der Waals surface area (Å²) in [6, 6.07) is 11.5. The molecule has 0 aliphatic rings. The highest BCUT2D eigenvalue weighted by Crippen LogP contribution is 2.21. The molecule has 24 heavy (non-hydrogen) atoms. The molecule has 2 aromatic carbocycles. The summed E-state index contributed by atoms with van der Waals surface area (Å²) in [5.74, 6) is 0.310. The number of nitrogens with zero attached hydrogens (tertiary/aromatic N) is 1. The molecule has 0 saturated heterocycles. The quantitative estimate of drug-likeness (QED) is 0.391. The minimum absolute atomic E-state index is 0.00264. The number of halogens is 1. The molecule has 0 unspecified atom stereocenters. The van der Waals surface area contributed by atoms with Gasteiger partial charge in [-0.05, 0) is 36.4 Å². The topological polar surface area (TPSA) is 69.4 Å². The third-order valence-electron chi connectivity index (χ3n) is 3.42. The van der Waals surface area contributed by atoms with Gasteiger partial charge in [-0.2, -0.15) is 0 Å². The number of ketones is 1. The number of carbonyl (C=O) groups excluding carboxylic acids is 2. The van der Waals surface area contributed by atoms with Crippen molar-refractivity contribution in [3.05, 3.63) is 58.9 Å². The van der Waals surface area contributed by atoms with Crippen LogP contribution in [-0.4, -0.2) is 16.7 Å². The van der Waals surface area contributed by atoms with Gasteiger partial charge in [0.25, 0.3) is 0 Å². The number of aryl methyl sites for hydroxylation is 1. The smallest absolute Gasteiger partial charge is 0.311 e. The first kappa shape index (κ1) is 16.2. The number of benzene rings is 2. The van der Waals surface area contributed by atoms with Crippen LogP contribution in [0.25, 0.3) is 11.1 Å². The molecule has 6 heteroatoms. The number of carbonyl (C=O) groups is 2. The van der Waals surface area contributed by atoms with E-state index in [-0.39, 0.29) is 18.6 Å². The fraction of sp³-hybridized carbons (Fsp3) is 0.167. The third-order valence-corrected chi connectivity index (χ3v) is 3.67. The Morgan fingerprint density at radius 1 is 1.12 bits per heavy atom. The van der Waals surface area contributed by atoms with Crippen molar-refractivity contribution in [1.29, 1.82) is 0 Å². The van der Waals surface area contributed by atoms with Gasteiger partial charge in [0.15, 0.2) is 17.3 Å². The van der Waals surface area contributed by atoms with Gasteiger partial charge < -0.3 is 9.15 Å². The number of oxazole rings is 1. The second-order valence-corrected chi connectivity index (χ2v) is 5.70. The second kappa shape index (κ2) is 6.84. The van der Waals surface area contributed by atoms with Crippen LogP contribution in [0.15, 0.2) is 46.9 Å². The van der Waals surface area contributed by atoms with Crippen molar-refractivity contribution in [1.82, 2.24) is 4.98 Å². The summed E-state index contributed by atoms with van der Waals surface area (Å²) in [7, 11) is 0. The van der Waals surface area contributed by atoms with E-state index in [2.05, 4.69) is 4.98 Å². The van der Waals surface area contributed by atoms with E-state index in [1.54, 1.807) is 49.4 Å². The lowest BCUT2D eigenvalue weighted by Crippen LogP contribution is -2.10. The number of ether oxygens (including phenoxy) is 1. The van der Waals surface area contributed by atoms with E-state index in [1.807, 2.05) is 0 Å². The average molecular weight is 344 g/mol. The Hall–Kier alpha value is -2.66. The summed E-state index contributed by atoms with van der Waals surface area (Å²) in [5, 5.41) is 0.560. The van der Waals surface area contributed by atoms with Crippen LogP contribution < -0.4 is 4.74 Å². The second-order valence-electron chi connectivity index (χ2n) is 5.27. The van der Waals surface area contributed by atoms with Crippen molar-refractivity contribution >= 4 is 34.5 Å². The van der Waals surface area contributed by atoms with E-state index < -0.39 is 5.97 Å². The molecular weight excluding hydrogens is 330 g/mol. The van der Waals surface area contributed by atoms with Gasteiger partial charge in [-0.25, -0.2) is 4.98 Å². The SMILES string of the molecule is Cc1nc2cc(OC(=O)CCC(=O)c3ccc(Cl)cc3)ccc2o1. The van der Waals surface area contributed by atoms with Gasteiger partial charge in [-0.1, -0.05) is 11.6 Å². The van der Waals surface area contributed by atoms with E-state index in [9.17, 15) is 9.59 Å². The molecule has 0 spiro atoms. The molecule has 0 saturated carbocycles. The van der Waals surface area contributed by atoms with Crippen LogP contribution in [0.4, 0.5) is 0 Å². The molecule has 0 radical (unpaired) electrons. The van der Waals surface area contributed by atoms with Crippen LogP contribution in [0.1, 0.15) is 29.1 Å². The fourth-order valence-electron chi connectivity index (χ4n) is 2.26. The highest BCUT2D eigenvalue weighted by atomic mass is 35.5. The molecule has 0 N–H and O–H groups in total. The number of hydrogen-bond acceptors (Lipinski definition) is 5. The molecule has 3 rings (SSSR count). The van der Waals surface area contributed by atoms with Crippen LogP contribution in [0, 0.1) is 6.92 Å². The number of fused-ring (bicyclic) bond motifs is 1. The predicted molar refractivity (Wildman–Crippen MR) is 89.4 cm³/mol. The van der Waals surface area contributed by atoms with E-state index in [0.29, 0.717) is 33.3 Å². The number of rotatable bonds is 5. The minimum atomic E-state index is -0.475. The van der Waals surface area contributed by atoms with Crippen LogP contribution in [0.2, 0.25) is 5.02 Å². The highest BCUT2D eigenvalue weighted by molar-refractivity contribution is 6.30. The van der Waals surface area contributed by atoms with Crippen LogP contribution in [-0.2, 0) is 4.79 Å². The lowest BCUT2D eigenvalue weighted by molar-refractivity contribution is -0.134. The zero-order valence-electron chi connectivity index (χ0n) is 12.9. The van der Waals surface area contributed by atoms with Gasteiger partial charge in [-0.3, -0.25) is 9.59 Å². The highest BCUT2D eigenvalue weighted by Gasteiger charge is 2.12. The predicted octanol–water partition coefficient (Wildman–Crippen LogP) is 4.36. The van der Waals surface area contributed by atoms with Crippen LogP contribution in [0.5, 0.6) is 5.75 Å². The summed E-state index contributed by atoms with van der Waals surface area (Å²) < 4.78 is 10.6. The summed E-state index contributed by atoms with van der Waals surface area (Å²) in [6.07, 6.45) is 0.0725. The minimum Gasteiger partial charge on any atom is -0.441 e. The Morgan fingerprint density at radius 3 is 2.62 bits per heavy atom. The molecule has 1 heterocycles. The van der Waals surface area contributed by atoms with Crippen molar-refractivity contribution < 1.29 is 18.7 Å². The number of hydrogen-bond donors (Lipinski definition) is 0.